The second-order valence-electron chi connectivity index (χ2n) is 4.05. The summed E-state index contributed by atoms with van der Waals surface area (Å²) in [6, 6.07) is 4.35. The molecule has 0 bridgehead atoms. The van der Waals surface area contributed by atoms with E-state index in [-0.39, 0.29) is 28.7 Å². The van der Waals surface area contributed by atoms with Crippen LogP contribution in [0.15, 0.2) is 35.0 Å². The molecule has 0 aliphatic carbocycles. The van der Waals surface area contributed by atoms with Crippen LogP contribution in [0.25, 0.3) is 23.0 Å². The summed E-state index contributed by atoms with van der Waals surface area (Å²) in [4.78, 5) is 7.72. The maximum atomic E-state index is 13.2. The molecule has 5 nitrogen and oxygen atoms in total. The molecule has 0 spiro atoms. The minimum Gasteiger partial charge on any atom is -0.505 e. The van der Waals surface area contributed by atoms with E-state index in [1.165, 1.54) is 18.3 Å². The van der Waals surface area contributed by atoms with Crippen LogP contribution in [-0.4, -0.2) is 20.2 Å². The fraction of sp³-hybridized carbons (Fsp3) is 0. The molecule has 0 unspecified atom stereocenters. The highest BCUT2D eigenvalue weighted by Gasteiger charge is 2.18. The van der Waals surface area contributed by atoms with E-state index in [4.69, 9.17) is 4.52 Å². The molecule has 21 heavy (non-hydrogen) atoms. The number of hydrogen-bond donors (Lipinski definition) is 1. The predicted molar refractivity (Wildman–Crippen MR) is 64.5 cm³/mol. The lowest BCUT2D eigenvalue weighted by Crippen LogP contribution is -1.92. The van der Waals surface area contributed by atoms with Crippen molar-refractivity contribution in [2.75, 3.05) is 0 Å². The molecule has 0 aliphatic heterocycles. The number of nitrogens with zero attached hydrogens (tertiary/aromatic N) is 3. The number of aromatic hydroxyl groups is 1. The zero-order valence-electron chi connectivity index (χ0n) is 10.2. The summed E-state index contributed by atoms with van der Waals surface area (Å²) in [6.45, 7) is 0. The molecule has 3 rings (SSSR count). The molecule has 0 saturated carbocycles. The van der Waals surface area contributed by atoms with E-state index in [0.29, 0.717) is 0 Å². The normalized spacial score (nSPS) is 10.8. The van der Waals surface area contributed by atoms with E-state index < -0.39 is 17.5 Å². The zero-order chi connectivity index (χ0) is 15.0. The summed E-state index contributed by atoms with van der Waals surface area (Å²) >= 11 is 0. The quantitative estimate of drug-likeness (QED) is 0.735. The number of aromatic nitrogens is 3. The number of benzene rings is 1. The molecule has 106 valence electrons. The average molecular weight is 293 g/mol. The van der Waals surface area contributed by atoms with E-state index in [1.54, 1.807) is 0 Å². The number of rotatable bonds is 2. The van der Waals surface area contributed by atoms with Crippen LogP contribution in [0.5, 0.6) is 5.75 Å². The highest BCUT2D eigenvalue weighted by Crippen LogP contribution is 2.27. The Morgan fingerprint density at radius 1 is 1.10 bits per heavy atom. The van der Waals surface area contributed by atoms with Gasteiger partial charge in [-0.1, -0.05) is 5.16 Å². The van der Waals surface area contributed by atoms with Crippen molar-refractivity contribution in [1.82, 2.24) is 15.1 Å². The molecule has 0 aliphatic rings. The third-order valence-electron chi connectivity index (χ3n) is 2.66. The molecule has 2 aromatic heterocycles. The molecule has 0 saturated heterocycles. The van der Waals surface area contributed by atoms with Gasteiger partial charge in [-0.3, -0.25) is 0 Å². The van der Waals surface area contributed by atoms with Crippen LogP contribution < -0.4 is 0 Å². The molecule has 0 atom stereocenters. The van der Waals surface area contributed by atoms with Gasteiger partial charge in [-0.2, -0.15) is 4.98 Å². The van der Waals surface area contributed by atoms with Crippen molar-refractivity contribution < 1.29 is 22.8 Å². The van der Waals surface area contributed by atoms with Crippen LogP contribution in [-0.2, 0) is 0 Å². The lowest BCUT2D eigenvalue weighted by atomic mass is 10.2. The second-order valence-corrected chi connectivity index (χ2v) is 4.05. The van der Waals surface area contributed by atoms with Crippen LogP contribution in [0, 0.1) is 17.5 Å². The summed E-state index contributed by atoms with van der Waals surface area (Å²) in [7, 11) is 0. The molecule has 0 fully saturated rings. The molecule has 2 heterocycles. The monoisotopic (exact) mass is 293 g/mol. The third kappa shape index (κ3) is 2.31. The Kier molecular flexibility index (Phi) is 3.05. The van der Waals surface area contributed by atoms with E-state index in [0.717, 1.165) is 12.1 Å². The van der Waals surface area contributed by atoms with Crippen LogP contribution in [0.4, 0.5) is 13.2 Å². The first-order valence-electron chi connectivity index (χ1n) is 5.69. The highest BCUT2D eigenvalue weighted by atomic mass is 19.2. The van der Waals surface area contributed by atoms with Gasteiger partial charge in [0, 0.05) is 11.8 Å². The van der Waals surface area contributed by atoms with Gasteiger partial charge in [-0.25, -0.2) is 18.2 Å². The first-order chi connectivity index (χ1) is 10.1. The molecule has 8 heteroatoms. The van der Waals surface area contributed by atoms with Crippen LogP contribution in [0.1, 0.15) is 0 Å². The van der Waals surface area contributed by atoms with Gasteiger partial charge < -0.3 is 9.63 Å². The molecule has 1 N–H and O–H groups in total. The second kappa shape index (κ2) is 4.89. The Balaban J connectivity index is 2.05. The van der Waals surface area contributed by atoms with Crippen molar-refractivity contribution >= 4 is 0 Å². The maximum absolute atomic E-state index is 13.2. The summed E-state index contributed by atoms with van der Waals surface area (Å²) < 4.78 is 44.1. The summed E-state index contributed by atoms with van der Waals surface area (Å²) in [5.74, 6) is -4.79. The van der Waals surface area contributed by atoms with E-state index >= 15 is 0 Å². The summed E-state index contributed by atoms with van der Waals surface area (Å²) in [5, 5.41) is 13.1. The third-order valence-corrected chi connectivity index (χ3v) is 2.66. The smallest absolute Gasteiger partial charge is 0.280 e. The molecule has 0 amide bonds. The highest BCUT2D eigenvalue weighted by molar-refractivity contribution is 5.61. The average Bonchev–Trinajstić information content (AvgIpc) is 2.94. The zero-order valence-corrected chi connectivity index (χ0v) is 10.2. The topological polar surface area (TPSA) is 72.0 Å². The van der Waals surface area contributed by atoms with Crippen molar-refractivity contribution in [2.24, 2.45) is 0 Å². The SMILES string of the molecule is Oc1cccnc1-c1nc(-c2cc(F)c(F)c(F)c2)no1. The van der Waals surface area contributed by atoms with Crippen LogP contribution in [0.3, 0.4) is 0 Å². The van der Waals surface area contributed by atoms with Crippen molar-refractivity contribution in [3.8, 4) is 28.7 Å². The molecular formula is C13H6F3N3O2. The Morgan fingerprint density at radius 3 is 2.48 bits per heavy atom. The minimum absolute atomic E-state index is 0.0271. The summed E-state index contributed by atoms with van der Waals surface area (Å²) in [5.41, 5.74) is -0.0730. The Bertz CT molecular complexity index is 797. The predicted octanol–water partition coefficient (Wildman–Crippen LogP) is 2.92. The first kappa shape index (κ1) is 13.1. The Hall–Kier alpha value is -2.90. The van der Waals surface area contributed by atoms with Crippen molar-refractivity contribution in [2.45, 2.75) is 0 Å². The van der Waals surface area contributed by atoms with Gasteiger partial charge in [0.05, 0.1) is 0 Å². The van der Waals surface area contributed by atoms with Gasteiger partial charge >= 0.3 is 0 Å². The first-order valence-corrected chi connectivity index (χ1v) is 5.69. The van der Waals surface area contributed by atoms with Gasteiger partial charge in [0.2, 0.25) is 5.82 Å². The van der Waals surface area contributed by atoms with Crippen molar-refractivity contribution in [1.29, 1.82) is 0 Å². The number of hydrogen-bond acceptors (Lipinski definition) is 5. The Labute approximate surface area is 115 Å². The lowest BCUT2D eigenvalue weighted by Gasteiger charge is -1.98. The number of pyridine rings is 1. The van der Waals surface area contributed by atoms with Gasteiger partial charge in [-0.05, 0) is 24.3 Å². The minimum atomic E-state index is -1.58. The standard InChI is InChI=1S/C13H6F3N3O2/c14-7-4-6(5-8(15)10(7)16)12-18-13(21-19-12)11-9(20)2-1-3-17-11/h1-5,20H. The largest absolute Gasteiger partial charge is 0.505 e. The van der Waals surface area contributed by atoms with E-state index in [9.17, 15) is 18.3 Å². The fourth-order valence-electron chi connectivity index (χ4n) is 1.68. The van der Waals surface area contributed by atoms with Crippen molar-refractivity contribution in [3.05, 3.63) is 47.9 Å². The van der Waals surface area contributed by atoms with Gasteiger partial charge in [0.1, 0.15) is 5.75 Å². The van der Waals surface area contributed by atoms with E-state index in [1.807, 2.05) is 0 Å². The fourth-order valence-corrected chi connectivity index (χ4v) is 1.68. The molecule has 0 radical (unpaired) electrons. The Morgan fingerprint density at radius 2 is 1.81 bits per heavy atom. The van der Waals surface area contributed by atoms with Gasteiger partial charge in [0.15, 0.2) is 23.1 Å². The maximum Gasteiger partial charge on any atom is 0.280 e. The van der Waals surface area contributed by atoms with Gasteiger partial charge in [0.25, 0.3) is 5.89 Å². The van der Waals surface area contributed by atoms with Gasteiger partial charge in [-0.15, -0.1) is 0 Å². The van der Waals surface area contributed by atoms with Crippen LogP contribution >= 0.6 is 0 Å². The van der Waals surface area contributed by atoms with Crippen molar-refractivity contribution in [3.63, 3.8) is 0 Å². The van der Waals surface area contributed by atoms with Crippen LogP contribution in [0.2, 0.25) is 0 Å². The number of halogens is 3. The molecule has 1 aromatic carbocycles. The molecule has 3 aromatic rings. The lowest BCUT2D eigenvalue weighted by molar-refractivity contribution is 0.423. The van der Waals surface area contributed by atoms with E-state index in [2.05, 4.69) is 15.1 Å². The summed E-state index contributed by atoms with van der Waals surface area (Å²) in [6.07, 6.45) is 1.40. The molecular weight excluding hydrogens is 287 g/mol.